The van der Waals surface area contributed by atoms with Gasteiger partial charge in [-0.05, 0) is 24.6 Å². The summed E-state index contributed by atoms with van der Waals surface area (Å²) in [4.78, 5) is 17.1. The summed E-state index contributed by atoms with van der Waals surface area (Å²) in [6, 6.07) is 13.8. The van der Waals surface area contributed by atoms with Crippen LogP contribution < -0.4 is 15.0 Å². The predicted molar refractivity (Wildman–Crippen MR) is 102 cm³/mol. The van der Waals surface area contributed by atoms with Gasteiger partial charge in [0, 0.05) is 24.2 Å². The minimum absolute atomic E-state index is 0.138. The predicted octanol–water partition coefficient (Wildman–Crippen LogP) is 3.60. The summed E-state index contributed by atoms with van der Waals surface area (Å²) in [5.74, 6) is 2.07. The lowest BCUT2D eigenvalue weighted by molar-refractivity contribution is 0.171. The van der Waals surface area contributed by atoms with E-state index in [9.17, 15) is 4.79 Å². The van der Waals surface area contributed by atoms with Crippen LogP contribution in [0.4, 0.5) is 0 Å². The first-order valence-corrected chi connectivity index (χ1v) is 9.35. The van der Waals surface area contributed by atoms with Gasteiger partial charge in [0.1, 0.15) is 13.2 Å². The van der Waals surface area contributed by atoms with Crippen molar-refractivity contribution in [3.63, 3.8) is 0 Å². The Kier molecular flexibility index (Phi) is 4.67. The molecular weight excluding hydrogens is 348 g/mol. The van der Waals surface area contributed by atoms with Gasteiger partial charge >= 0.3 is 0 Å². The molecule has 0 spiro atoms. The van der Waals surface area contributed by atoms with Gasteiger partial charge in [0.2, 0.25) is 0 Å². The van der Waals surface area contributed by atoms with Crippen molar-refractivity contribution >= 4 is 11.8 Å². The highest BCUT2D eigenvalue weighted by molar-refractivity contribution is 7.98. The minimum Gasteiger partial charge on any atom is -0.486 e. The van der Waals surface area contributed by atoms with E-state index in [1.54, 1.807) is 17.0 Å². The Hall–Kier alpha value is -2.73. The molecule has 0 saturated carbocycles. The SMILES string of the molecule is Cc1ccc(CSc2nccn(-c3ccc4c(c3)OCCO4)c2=O)cc1. The maximum atomic E-state index is 12.8. The summed E-state index contributed by atoms with van der Waals surface area (Å²) in [5.41, 5.74) is 2.98. The first-order chi connectivity index (χ1) is 12.7. The molecule has 3 aromatic rings. The molecule has 1 aromatic heterocycles. The molecule has 0 fully saturated rings. The van der Waals surface area contributed by atoms with E-state index in [0.29, 0.717) is 35.5 Å². The average Bonchev–Trinajstić information content (AvgIpc) is 2.68. The van der Waals surface area contributed by atoms with Gasteiger partial charge in [0.05, 0.1) is 5.69 Å². The van der Waals surface area contributed by atoms with Crippen LogP contribution in [0.15, 0.2) is 64.7 Å². The van der Waals surface area contributed by atoms with Crippen LogP contribution in [-0.2, 0) is 5.75 Å². The van der Waals surface area contributed by atoms with Crippen molar-refractivity contribution in [1.29, 1.82) is 0 Å². The van der Waals surface area contributed by atoms with Crippen molar-refractivity contribution in [1.82, 2.24) is 9.55 Å². The van der Waals surface area contributed by atoms with Crippen molar-refractivity contribution in [2.24, 2.45) is 0 Å². The van der Waals surface area contributed by atoms with Gasteiger partial charge in [-0.2, -0.15) is 0 Å². The van der Waals surface area contributed by atoms with Gasteiger partial charge in [-0.25, -0.2) is 4.98 Å². The van der Waals surface area contributed by atoms with Crippen molar-refractivity contribution in [3.8, 4) is 17.2 Å². The second-order valence-corrected chi connectivity index (χ2v) is 6.97. The molecule has 0 radical (unpaired) electrons. The summed E-state index contributed by atoms with van der Waals surface area (Å²) < 4.78 is 12.7. The van der Waals surface area contributed by atoms with E-state index in [1.165, 1.54) is 17.3 Å². The molecule has 1 aliphatic heterocycles. The average molecular weight is 366 g/mol. The first kappa shape index (κ1) is 16.7. The van der Waals surface area contributed by atoms with Crippen molar-refractivity contribution in [2.45, 2.75) is 17.7 Å². The lowest BCUT2D eigenvalue weighted by Crippen LogP contribution is -2.21. The van der Waals surface area contributed by atoms with Crippen LogP contribution >= 0.6 is 11.8 Å². The van der Waals surface area contributed by atoms with Crippen molar-refractivity contribution < 1.29 is 9.47 Å². The minimum atomic E-state index is -0.138. The van der Waals surface area contributed by atoms with Crippen molar-refractivity contribution in [2.75, 3.05) is 13.2 Å². The van der Waals surface area contributed by atoms with E-state index in [2.05, 4.69) is 36.2 Å². The summed E-state index contributed by atoms with van der Waals surface area (Å²) in [6.07, 6.45) is 3.32. The van der Waals surface area contributed by atoms with E-state index >= 15 is 0 Å². The molecule has 4 rings (SSSR count). The molecule has 2 aromatic carbocycles. The quantitative estimate of drug-likeness (QED) is 0.661. The normalized spacial score (nSPS) is 12.8. The van der Waals surface area contributed by atoms with Gasteiger partial charge < -0.3 is 9.47 Å². The van der Waals surface area contributed by atoms with Crippen LogP contribution in [0.3, 0.4) is 0 Å². The van der Waals surface area contributed by atoms with E-state index < -0.39 is 0 Å². The molecule has 0 amide bonds. The summed E-state index contributed by atoms with van der Waals surface area (Å²) in [5, 5.41) is 0.475. The maximum absolute atomic E-state index is 12.8. The fourth-order valence-corrected chi connectivity index (χ4v) is 3.57. The topological polar surface area (TPSA) is 53.4 Å². The molecule has 2 heterocycles. The van der Waals surface area contributed by atoms with Gasteiger partial charge in [0.25, 0.3) is 5.56 Å². The third-order valence-electron chi connectivity index (χ3n) is 4.11. The fourth-order valence-electron chi connectivity index (χ4n) is 2.71. The highest BCUT2D eigenvalue weighted by Gasteiger charge is 2.14. The molecule has 0 aliphatic carbocycles. The highest BCUT2D eigenvalue weighted by Crippen LogP contribution is 2.31. The Balaban J connectivity index is 1.59. The maximum Gasteiger partial charge on any atom is 0.287 e. The first-order valence-electron chi connectivity index (χ1n) is 8.37. The van der Waals surface area contributed by atoms with E-state index in [1.807, 2.05) is 18.2 Å². The Morgan fingerprint density at radius 1 is 1.08 bits per heavy atom. The second-order valence-electron chi connectivity index (χ2n) is 6.01. The largest absolute Gasteiger partial charge is 0.486 e. The van der Waals surface area contributed by atoms with Gasteiger partial charge in [-0.1, -0.05) is 41.6 Å². The molecule has 6 heteroatoms. The molecule has 0 saturated heterocycles. The Morgan fingerprint density at radius 2 is 1.85 bits per heavy atom. The van der Waals surface area contributed by atoms with Crippen LogP contribution in [0, 0.1) is 6.92 Å². The van der Waals surface area contributed by atoms with E-state index in [0.717, 1.165) is 11.3 Å². The number of benzene rings is 2. The van der Waals surface area contributed by atoms with Crippen LogP contribution in [0.5, 0.6) is 11.5 Å². The van der Waals surface area contributed by atoms with Crippen LogP contribution in [0.1, 0.15) is 11.1 Å². The molecule has 0 N–H and O–H groups in total. The van der Waals surface area contributed by atoms with Crippen LogP contribution in [0.2, 0.25) is 0 Å². The third kappa shape index (κ3) is 3.46. The molecule has 0 atom stereocenters. The zero-order valence-corrected chi connectivity index (χ0v) is 15.2. The Bertz CT molecular complexity index is 983. The monoisotopic (exact) mass is 366 g/mol. The molecular formula is C20H18N2O3S. The van der Waals surface area contributed by atoms with Crippen molar-refractivity contribution in [3.05, 3.63) is 76.3 Å². The number of aromatic nitrogens is 2. The third-order valence-corrected chi connectivity index (χ3v) is 5.14. The van der Waals surface area contributed by atoms with Crippen LogP contribution in [-0.4, -0.2) is 22.8 Å². The number of thioether (sulfide) groups is 1. The Labute approximate surface area is 155 Å². The van der Waals surface area contributed by atoms with Crippen LogP contribution in [0.25, 0.3) is 5.69 Å². The van der Waals surface area contributed by atoms with Gasteiger partial charge in [-0.15, -0.1) is 0 Å². The standard InChI is InChI=1S/C20H18N2O3S/c1-14-2-4-15(5-3-14)13-26-19-20(23)22(9-8-21-19)16-6-7-17-18(12-16)25-11-10-24-17/h2-9,12H,10-11,13H2,1H3. The lowest BCUT2D eigenvalue weighted by Gasteiger charge is -2.19. The van der Waals surface area contributed by atoms with E-state index in [-0.39, 0.29) is 5.56 Å². The Morgan fingerprint density at radius 3 is 2.65 bits per heavy atom. The zero-order chi connectivity index (χ0) is 17.9. The molecule has 0 bridgehead atoms. The molecule has 1 aliphatic rings. The number of fused-ring (bicyclic) bond motifs is 1. The fraction of sp³-hybridized carbons (Fsp3) is 0.200. The number of hydrogen-bond donors (Lipinski definition) is 0. The smallest absolute Gasteiger partial charge is 0.287 e. The number of rotatable bonds is 4. The summed E-state index contributed by atoms with van der Waals surface area (Å²) >= 11 is 1.44. The summed E-state index contributed by atoms with van der Waals surface area (Å²) in [7, 11) is 0. The number of aryl methyl sites for hydroxylation is 1. The summed E-state index contributed by atoms with van der Waals surface area (Å²) in [6.45, 7) is 3.11. The number of nitrogens with zero attached hydrogens (tertiary/aromatic N) is 2. The molecule has 5 nitrogen and oxygen atoms in total. The second kappa shape index (κ2) is 7.25. The number of ether oxygens (including phenoxy) is 2. The number of hydrogen-bond acceptors (Lipinski definition) is 5. The molecule has 132 valence electrons. The molecule has 0 unspecified atom stereocenters. The van der Waals surface area contributed by atoms with Gasteiger partial charge in [-0.3, -0.25) is 9.36 Å². The lowest BCUT2D eigenvalue weighted by atomic mass is 10.2. The molecule has 26 heavy (non-hydrogen) atoms. The van der Waals surface area contributed by atoms with E-state index in [4.69, 9.17) is 9.47 Å². The van der Waals surface area contributed by atoms with Gasteiger partial charge in [0.15, 0.2) is 16.5 Å². The highest BCUT2D eigenvalue weighted by atomic mass is 32.2. The zero-order valence-electron chi connectivity index (χ0n) is 14.3.